The van der Waals surface area contributed by atoms with Crippen LogP contribution >= 0.6 is 0 Å². The van der Waals surface area contributed by atoms with Gasteiger partial charge in [-0.25, -0.2) is 19.6 Å². The number of urea groups is 1. The summed E-state index contributed by atoms with van der Waals surface area (Å²) in [7, 11) is 1.86. The topological polar surface area (TPSA) is 310 Å². The van der Waals surface area contributed by atoms with Gasteiger partial charge in [0.05, 0.1) is 29.0 Å². The molecular formula is C50H60N14O9. The fraction of sp³-hybridized carbons (Fsp3) is 0.420. The lowest BCUT2D eigenvalue weighted by Crippen LogP contribution is -2.54. The summed E-state index contributed by atoms with van der Waals surface area (Å²) >= 11 is 0. The lowest BCUT2D eigenvalue weighted by molar-refractivity contribution is -0.137. The Balaban J connectivity index is 0.814. The SMILES string of the molecule is CNc1cccc2c1[nH]c1nc(Oc3cnc(C)nc3)nc(N3C[C@@H]4C(NC(=O)OCc5ccc(NC(=O)[C@H](CCCNC(N)=O)NC(=O)C(NC(=O)CCCCCN6C(=O)C=CC6=O)C(C)C)cc5)[C@@H]4C3)c12. The van der Waals surface area contributed by atoms with Crippen LogP contribution in [0.4, 0.5) is 26.8 Å². The smallest absolute Gasteiger partial charge is 0.407 e. The maximum Gasteiger partial charge on any atom is 0.407 e. The highest BCUT2D eigenvalue weighted by Gasteiger charge is 2.57. The van der Waals surface area contributed by atoms with Crippen LogP contribution in [0.15, 0.2) is 67.0 Å². The molecule has 384 valence electrons. The number of carbonyl (C=O) groups is 7. The molecule has 1 aliphatic carbocycles. The number of aryl methyl sites for hydroxylation is 1. The van der Waals surface area contributed by atoms with Crippen molar-refractivity contribution < 1.29 is 43.0 Å². The number of anilines is 3. The number of alkyl carbamates (subject to hydrolysis) is 1. The molecule has 8 amide bonds. The minimum Gasteiger partial charge on any atom is -0.445 e. The van der Waals surface area contributed by atoms with E-state index in [1.165, 1.54) is 12.2 Å². The minimum atomic E-state index is -1.04. The standard InChI is InChI=1S/C50H60N14O9/c1-27(2)41(58-37(65)13-6-5-7-21-64-38(66)18-19-39(64)67)47(69)57-36(12-9-20-53-48(51)70)46(68)56-30-16-14-29(15-17-30)26-72-50(71)60-42-33-24-63(25-34(33)42)45-40-32-10-8-11-35(52-4)43(32)59-44(40)61-49(62-45)73-31-22-54-28(3)55-23-31/h8,10-11,14-19,22-23,27,33-34,36,41-42,52H,5-7,9,12-13,20-21,24-26H2,1-4H3,(H,56,68)(H,57,69)(H,58,65)(H,60,71)(H3,51,53,70)(H,59,61,62)/t33-,34+,36-,41?,42?/m0/s1. The predicted octanol–water partition coefficient (Wildman–Crippen LogP) is 3.90. The Morgan fingerprint density at radius 2 is 1.62 bits per heavy atom. The first kappa shape index (κ1) is 51.0. The second-order valence-corrected chi connectivity index (χ2v) is 18.6. The van der Waals surface area contributed by atoms with Crippen molar-refractivity contribution in [3.05, 3.63) is 78.4 Å². The molecule has 73 heavy (non-hydrogen) atoms. The van der Waals surface area contributed by atoms with Crippen LogP contribution < -0.4 is 47.3 Å². The maximum absolute atomic E-state index is 13.7. The van der Waals surface area contributed by atoms with E-state index in [0.29, 0.717) is 73.1 Å². The number of imide groups is 1. The van der Waals surface area contributed by atoms with Gasteiger partial charge in [-0.15, -0.1) is 0 Å². The van der Waals surface area contributed by atoms with Crippen molar-refractivity contribution in [2.75, 3.05) is 48.8 Å². The number of aromatic nitrogens is 5. The highest BCUT2D eigenvalue weighted by atomic mass is 16.5. The van der Waals surface area contributed by atoms with Crippen molar-refractivity contribution in [2.45, 2.75) is 84.0 Å². The van der Waals surface area contributed by atoms with Crippen LogP contribution in [-0.4, -0.2) is 123 Å². The molecule has 2 unspecified atom stereocenters. The number of nitrogens with zero attached hydrogens (tertiary/aromatic N) is 6. The molecule has 23 heteroatoms. The van der Waals surface area contributed by atoms with E-state index in [-0.39, 0.29) is 80.1 Å². The number of benzene rings is 2. The number of carbonyl (C=O) groups excluding carboxylic acids is 7. The van der Waals surface area contributed by atoms with Crippen molar-refractivity contribution in [1.29, 1.82) is 0 Å². The Hall–Kier alpha value is -8.37. The van der Waals surface area contributed by atoms with Crippen LogP contribution in [0.3, 0.4) is 0 Å². The number of hydrogen-bond donors (Lipinski definition) is 8. The number of nitrogens with one attached hydrogen (secondary N) is 7. The molecule has 3 aliphatic rings. The zero-order chi connectivity index (χ0) is 51.8. The zero-order valence-corrected chi connectivity index (χ0v) is 41.0. The number of fused-ring (bicyclic) bond motifs is 4. The van der Waals surface area contributed by atoms with Crippen LogP contribution in [0, 0.1) is 24.7 Å². The number of amides is 8. The number of nitrogens with two attached hydrogens (primary N) is 1. The lowest BCUT2D eigenvalue weighted by Gasteiger charge is -2.25. The van der Waals surface area contributed by atoms with E-state index < -0.39 is 36.0 Å². The molecule has 5 heterocycles. The molecule has 2 aliphatic heterocycles. The van der Waals surface area contributed by atoms with Gasteiger partial charge in [-0.2, -0.15) is 9.97 Å². The molecule has 8 rings (SSSR count). The van der Waals surface area contributed by atoms with Crippen molar-refractivity contribution >= 4 is 80.8 Å². The van der Waals surface area contributed by atoms with Crippen LogP contribution in [0.1, 0.15) is 63.8 Å². The summed E-state index contributed by atoms with van der Waals surface area (Å²) < 4.78 is 11.6. The molecule has 1 saturated carbocycles. The average molecular weight is 1000 g/mol. The summed E-state index contributed by atoms with van der Waals surface area (Å²) in [6.07, 6.45) is 7.22. The van der Waals surface area contributed by atoms with E-state index in [0.717, 1.165) is 26.9 Å². The van der Waals surface area contributed by atoms with Crippen molar-refractivity contribution in [2.24, 2.45) is 23.5 Å². The number of aromatic amines is 1. The molecule has 3 aromatic heterocycles. The fourth-order valence-corrected chi connectivity index (χ4v) is 9.17. The van der Waals surface area contributed by atoms with Crippen molar-refractivity contribution in [3.63, 3.8) is 0 Å². The number of primary amides is 1. The van der Waals surface area contributed by atoms with Gasteiger partial charge >= 0.3 is 18.1 Å². The minimum absolute atomic E-state index is 0.0245. The summed E-state index contributed by atoms with van der Waals surface area (Å²) in [4.78, 5) is 113. The number of H-pyrrole nitrogens is 1. The molecular weight excluding hydrogens is 941 g/mol. The molecule has 2 fully saturated rings. The second kappa shape index (κ2) is 22.8. The van der Waals surface area contributed by atoms with Gasteiger partial charge in [-0.3, -0.25) is 28.9 Å². The van der Waals surface area contributed by atoms with E-state index in [4.69, 9.17) is 25.2 Å². The van der Waals surface area contributed by atoms with Gasteiger partial charge < -0.3 is 57.0 Å². The first-order chi connectivity index (χ1) is 35.1. The summed E-state index contributed by atoms with van der Waals surface area (Å²) in [5, 5.41) is 18.9. The van der Waals surface area contributed by atoms with Crippen LogP contribution in [0.25, 0.3) is 21.9 Å². The van der Waals surface area contributed by atoms with Crippen LogP contribution in [0.5, 0.6) is 11.8 Å². The second-order valence-electron chi connectivity index (χ2n) is 18.6. The summed E-state index contributed by atoms with van der Waals surface area (Å²) in [5.41, 5.74) is 8.74. The summed E-state index contributed by atoms with van der Waals surface area (Å²) in [6.45, 7) is 7.01. The molecule has 2 aromatic carbocycles. The molecule has 23 nitrogen and oxygen atoms in total. The zero-order valence-electron chi connectivity index (χ0n) is 41.0. The predicted molar refractivity (Wildman–Crippen MR) is 269 cm³/mol. The normalized spacial score (nSPS) is 17.6. The highest BCUT2D eigenvalue weighted by Crippen LogP contribution is 2.48. The first-order valence-corrected chi connectivity index (χ1v) is 24.4. The van der Waals surface area contributed by atoms with Gasteiger partial charge in [0.2, 0.25) is 17.7 Å². The van der Waals surface area contributed by atoms with Gasteiger partial charge in [0.15, 0.2) is 5.75 Å². The van der Waals surface area contributed by atoms with E-state index >= 15 is 0 Å². The largest absolute Gasteiger partial charge is 0.445 e. The van der Waals surface area contributed by atoms with E-state index in [1.54, 1.807) is 57.4 Å². The Labute approximate surface area is 420 Å². The van der Waals surface area contributed by atoms with E-state index in [9.17, 15) is 33.6 Å². The number of piperidine rings is 1. The fourth-order valence-electron chi connectivity index (χ4n) is 9.17. The lowest BCUT2D eigenvalue weighted by atomic mass is 10.0. The van der Waals surface area contributed by atoms with Gasteiger partial charge in [-0.1, -0.05) is 44.5 Å². The number of ether oxygens (including phenoxy) is 2. The highest BCUT2D eigenvalue weighted by molar-refractivity contribution is 6.15. The molecule has 0 bridgehead atoms. The van der Waals surface area contributed by atoms with Gasteiger partial charge in [0, 0.05) is 80.8 Å². The summed E-state index contributed by atoms with van der Waals surface area (Å²) in [5.74, 6) is -0.396. The van der Waals surface area contributed by atoms with Crippen LogP contribution in [0.2, 0.25) is 0 Å². The van der Waals surface area contributed by atoms with Crippen molar-refractivity contribution in [3.8, 4) is 11.8 Å². The van der Waals surface area contributed by atoms with Gasteiger partial charge in [-0.05, 0) is 62.3 Å². The monoisotopic (exact) mass is 1000 g/mol. The quantitative estimate of drug-likeness (QED) is 0.0340. The molecule has 0 radical (unpaired) electrons. The van der Waals surface area contributed by atoms with Gasteiger partial charge in [0.1, 0.15) is 36.0 Å². The number of rotatable bonds is 23. The number of para-hydroxylation sites is 1. The molecule has 0 spiro atoms. The third-order valence-electron chi connectivity index (χ3n) is 13.1. The first-order valence-electron chi connectivity index (χ1n) is 24.4. The molecule has 1 saturated heterocycles. The van der Waals surface area contributed by atoms with E-state index in [2.05, 4.69) is 51.8 Å². The number of hydrogen-bond acceptors (Lipinski definition) is 15. The van der Waals surface area contributed by atoms with Crippen LogP contribution in [-0.2, 0) is 35.3 Å². The molecule has 5 aromatic rings. The molecule has 5 atom stereocenters. The van der Waals surface area contributed by atoms with E-state index in [1.807, 2.05) is 25.2 Å². The average Bonchev–Trinajstić information content (AvgIpc) is 3.68. The Morgan fingerprint density at radius 1 is 0.890 bits per heavy atom. The molecule has 9 N–H and O–H groups in total. The van der Waals surface area contributed by atoms with Gasteiger partial charge in [0.25, 0.3) is 11.8 Å². The van der Waals surface area contributed by atoms with Crippen molar-refractivity contribution in [1.82, 2.24) is 51.1 Å². The maximum atomic E-state index is 13.7. The Morgan fingerprint density at radius 3 is 2.30 bits per heavy atom. The third-order valence-corrected chi connectivity index (χ3v) is 13.1. The number of unbranched alkanes of at least 4 members (excludes halogenated alkanes) is 2. The Bertz CT molecular complexity index is 2880. The third kappa shape index (κ3) is 12.6. The summed E-state index contributed by atoms with van der Waals surface area (Å²) in [6, 6.07) is 10.1. The Kier molecular flexibility index (Phi) is 15.9.